The molecular formula is C28H29FN4O3. The first-order valence-corrected chi connectivity index (χ1v) is 12.6. The van der Waals surface area contributed by atoms with Gasteiger partial charge in [-0.25, -0.2) is 4.39 Å². The number of amides is 3. The van der Waals surface area contributed by atoms with Crippen LogP contribution >= 0.6 is 0 Å². The Morgan fingerprint density at radius 3 is 2.61 bits per heavy atom. The normalized spacial score (nSPS) is 21.3. The maximum absolute atomic E-state index is 15.2. The lowest BCUT2D eigenvalue weighted by Crippen LogP contribution is -2.52. The van der Waals surface area contributed by atoms with Crippen molar-refractivity contribution in [3.63, 3.8) is 0 Å². The lowest BCUT2D eigenvalue weighted by Gasteiger charge is -2.32. The summed E-state index contributed by atoms with van der Waals surface area (Å²) in [6.07, 6.45) is 4.29. The minimum absolute atomic E-state index is 0.0999. The van der Waals surface area contributed by atoms with Crippen LogP contribution in [0.2, 0.25) is 0 Å². The summed E-state index contributed by atoms with van der Waals surface area (Å²) >= 11 is 0. The molecule has 186 valence electrons. The molecule has 0 saturated carbocycles. The van der Waals surface area contributed by atoms with Crippen LogP contribution in [0.15, 0.2) is 42.6 Å². The molecule has 6 rings (SSSR count). The number of halogens is 1. The third-order valence-corrected chi connectivity index (χ3v) is 8.02. The molecular weight excluding hydrogens is 459 g/mol. The first-order valence-electron chi connectivity index (χ1n) is 12.6. The van der Waals surface area contributed by atoms with Crippen molar-refractivity contribution in [2.75, 3.05) is 13.1 Å². The Morgan fingerprint density at radius 1 is 1.03 bits per heavy atom. The van der Waals surface area contributed by atoms with Gasteiger partial charge in [0.2, 0.25) is 11.8 Å². The van der Waals surface area contributed by atoms with Crippen molar-refractivity contribution in [2.24, 2.45) is 7.05 Å². The molecule has 1 unspecified atom stereocenters. The smallest absolute Gasteiger partial charge is 0.255 e. The van der Waals surface area contributed by atoms with E-state index in [4.69, 9.17) is 0 Å². The number of likely N-dealkylation sites (tertiary alicyclic amines) is 1. The molecule has 1 N–H and O–H groups in total. The van der Waals surface area contributed by atoms with Crippen molar-refractivity contribution in [3.05, 3.63) is 70.7 Å². The summed E-state index contributed by atoms with van der Waals surface area (Å²) in [5.74, 6) is -1.36. The fourth-order valence-electron chi connectivity index (χ4n) is 6.01. The predicted molar refractivity (Wildman–Crippen MR) is 133 cm³/mol. The zero-order valence-corrected chi connectivity index (χ0v) is 20.3. The van der Waals surface area contributed by atoms with Gasteiger partial charge in [0.05, 0.1) is 0 Å². The van der Waals surface area contributed by atoms with E-state index in [1.807, 2.05) is 13.1 Å². The number of nitrogens with zero attached hydrogens (tertiary/aromatic N) is 3. The molecule has 3 aliphatic heterocycles. The van der Waals surface area contributed by atoms with Gasteiger partial charge in [-0.2, -0.15) is 0 Å². The number of fused-ring (bicyclic) bond motifs is 2. The van der Waals surface area contributed by atoms with Gasteiger partial charge in [0.15, 0.2) is 0 Å². The average Bonchev–Trinajstić information content (AvgIpc) is 3.38. The quantitative estimate of drug-likeness (QED) is 0.571. The molecule has 2 fully saturated rings. The fraction of sp³-hybridized carbons (Fsp3) is 0.393. The van der Waals surface area contributed by atoms with Crippen LogP contribution in [0.3, 0.4) is 0 Å². The second-order valence-electron chi connectivity index (χ2n) is 10.3. The third kappa shape index (κ3) is 3.99. The highest BCUT2D eigenvalue weighted by molar-refractivity contribution is 6.05. The molecule has 4 heterocycles. The molecule has 0 radical (unpaired) electrons. The molecule has 1 aromatic heterocycles. The van der Waals surface area contributed by atoms with Crippen LogP contribution in [0.1, 0.15) is 58.6 Å². The predicted octanol–water partition coefficient (Wildman–Crippen LogP) is 3.46. The van der Waals surface area contributed by atoms with Crippen LogP contribution in [0, 0.1) is 5.82 Å². The molecule has 0 bridgehead atoms. The van der Waals surface area contributed by atoms with Crippen LogP contribution in [0.25, 0.3) is 10.9 Å². The van der Waals surface area contributed by atoms with Crippen molar-refractivity contribution in [2.45, 2.75) is 50.7 Å². The van der Waals surface area contributed by atoms with E-state index in [0.717, 1.165) is 38.0 Å². The number of imide groups is 1. The van der Waals surface area contributed by atoms with Crippen LogP contribution in [0.4, 0.5) is 4.39 Å². The van der Waals surface area contributed by atoms with E-state index in [2.05, 4.69) is 45.2 Å². The number of carbonyl (C=O) groups is 3. The Kier molecular flexibility index (Phi) is 5.63. The SMILES string of the molecule is Cn1ccc2cc(CN3CCC(c4cc5c(cc4F)C(=O)N(C4CCC(=O)NC4=O)C5)CC3)ccc21. The number of rotatable bonds is 4. The zero-order chi connectivity index (χ0) is 25.0. The molecule has 2 saturated heterocycles. The average molecular weight is 489 g/mol. The summed E-state index contributed by atoms with van der Waals surface area (Å²) in [4.78, 5) is 40.6. The number of piperidine rings is 2. The highest BCUT2D eigenvalue weighted by atomic mass is 19.1. The van der Waals surface area contributed by atoms with Gasteiger partial charge in [-0.1, -0.05) is 12.1 Å². The van der Waals surface area contributed by atoms with E-state index in [-0.39, 0.29) is 36.5 Å². The highest BCUT2D eigenvalue weighted by Gasteiger charge is 2.40. The van der Waals surface area contributed by atoms with Crippen LogP contribution < -0.4 is 5.32 Å². The van der Waals surface area contributed by atoms with Crippen LogP contribution in [-0.4, -0.2) is 51.2 Å². The molecule has 0 spiro atoms. The monoisotopic (exact) mass is 488 g/mol. The summed E-state index contributed by atoms with van der Waals surface area (Å²) in [5.41, 5.74) is 4.26. The van der Waals surface area contributed by atoms with Gasteiger partial charge in [-0.3, -0.25) is 24.6 Å². The van der Waals surface area contributed by atoms with E-state index < -0.39 is 11.9 Å². The number of aromatic nitrogens is 1. The largest absolute Gasteiger partial charge is 0.351 e. The lowest BCUT2D eigenvalue weighted by molar-refractivity contribution is -0.136. The van der Waals surface area contributed by atoms with Crippen molar-refractivity contribution in [1.29, 1.82) is 0 Å². The number of aryl methyl sites for hydroxylation is 1. The van der Waals surface area contributed by atoms with E-state index in [0.29, 0.717) is 17.5 Å². The second-order valence-corrected chi connectivity index (χ2v) is 10.3. The molecule has 1 atom stereocenters. The van der Waals surface area contributed by atoms with Crippen molar-refractivity contribution in [3.8, 4) is 0 Å². The number of benzene rings is 2. The summed E-state index contributed by atoms with van der Waals surface area (Å²) < 4.78 is 17.3. The summed E-state index contributed by atoms with van der Waals surface area (Å²) in [6.45, 7) is 2.92. The Balaban J connectivity index is 1.13. The van der Waals surface area contributed by atoms with E-state index in [1.165, 1.54) is 27.4 Å². The molecule has 3 aliphatic rings. The van der Waals surface area contributed by atoms with Gasteiger partial charge in [0, 0.05) is 43.8 Å². The maximum atomic E-state index is 15.2. The third-order valence-electron chi connectivity index (χ3n) is 8.02. The Labute approximate surface area is 208 Å². The van der Waals surface area contributed by atoms with Gasteiger partial charge in [0.25, 0.3) is 5.91 Å². The number of carbonyl (C=O) groups excluding carboxylic acids is 3. The van der Waals surface area contributed by atoms with E-state index in [9.17, 15) is 14.4 Å². The number of nitrogens with one attached hydrogen (secondary N) is 1. The van der Waals surface area contributed by atoms with Crippen LogP contribution in [0.5, 0.6) is 0 Å². The Hall–Kier alpha value is -3.52. The summed E-state index contributed by atoms with van der Waals surface area (Å²) in [5, 5.41) is 3.55. The molecule has 3 amide bonds. The van der Waals surface area contributed by atoms with Gasteiger partial charge in [-0.05, 0) is 84.6 Å². The molecule has 0 aliphatic carbocycles. The van der Waals surface area contributed by atoms with Gasteiger partial charge in [-0.15, -0.1) is 0 Å². The van der Waals surface area contributed by atoms with Crippen molar-refractivity contribution < 1.29 is 18.8 Å². The van der Waals surface area contributed by atoms with Crippen molar-refractivity contribution in [1.82, 2.24) is 19.7 Å². The van der Waals surface area contributed by atoms with E-state index >= 15 is 4.39 Å². The van der Waals surface area contributed by atoms with E-state index in [1.54, 1.807) is 0 Å². The second kappa shape index (κ2) is 8.85. The number of hydrogen-bond acceptors (Lipinski definition) is 4. The van der Waals surface area contributed by atoms with Gasteiger partial charge in [0.1, 0.15) is 11.9 Å². The van der Waals surface area contributed by atoms with Gasteiger partial charge >= 0.3 is 0 Å². The van der Waals surface area contributed by atoms with Gasteiger partial charge < -0.3 is 9.47 Å². The molecule has 3 aromatic rings. The molecule has 2 aromatic carbocycles. The standard InChI is InChI=1S/C28H29FN4O3/c1-31-9-6-19-12-17(2-3-24(19)31)15-32-10-7-18(8-11-32)21-13-20-16-33(28(36)22(20)14-23(21)29)25-4-5-26(34)30-27(25)35/h2-3,6,9,12-14,18,25H,4-5,7-8,10-11,15-16H2,1H3,(H,30,34,35). The molecule has 36 heavy (non-hydrogen) atoms. The maximum Gasteiger partial charge on any atom is 0.255 e. The first-order chi connectivity index (χ1) is 17.4. The van der Waals surface area contributed by atoms with Crippen LogP contribution in [-0.2, 0) is 29.7 Å². The zero-order valence-electron chi connectivity index (χ0n) is 20.3. The molecule has 8 heteroatoms. The minimum atomic E-state index is -0.688. The summed E-state index contributed by atoms with van der Waals surface area (Å²) in [6, 6.07) is 11.2. The first kappa shape index (κ1) is 22.9. The lowest BCUT2D eigenvalue weighted by atomic mass is 9.87. The van der Waals surface area contributed by atoms with Crippen molar-refractivity contribution >= 4 is 28.6 Å². The number of hydrogen-bond donors (Lipinski definition) is 1. The Morgan fingerprint density at radius 2 is 1.83 bits per heavy atom. The summed E-state index contributed by atoms with van der Waals surface area (Å²) in [7, 11) is 2.05. The highest BCUT2D eigenvalue weighted by Crippen LogP contribution is 2.35. The Bertz CT molecular complexity index is 1390. The molecule has 7 nitrogen and oxygen atoms in total. The minimum Gasteiger partial charge on any atom is -0.351 e. The fourth-order valence-corrected chi connectivity index (χ4v) is 6.01. The topological polar surface area (TPSA) is 74.7 Å².